The van der Waals surface area contributed by atoms with E-state index in [4.69, 9.17) is 4.42 Å². The number of esters is 1. The van der Waals surface area contributed by atoms with E-state index in [1.54, 1.807) is 12.1 Å². The molecule has 7 nitrogen and oxygen atoms in total. The second-order valence-corrected chi connectivity index (χ2v) is 6.61. The molecule has 0 spiro atoms. The molecule has 1 N–H and O–H groups in total. The van der Waals surface area contributed by atoms with Crippen LogP contribution in [0.2, 0.25) is 0 Å². The lowest BCUT2D eigenvalue weighted by Gasteiger charge is -2.08. The maximum atomic E-state index is 12.2. The van der Waals surface area contributed by atoms with Gasteiger partial charge in [-0.1, -0.05) is 29.5 Å². The molecule has 3 rings (SSSR count). The zero-order valence-electron chi connectivity index (χ0n) is 14.1. The summed E-state index contributed by atoms with van der Waals surface area (Å²) in [6.07, 6.45) is 1.43. The number of carbonyl (C=O) groups excluding carboxylic acids is 3. The molecule has 0 saturated carbocycles. The smallest absolute Gasteiger partial charge is 0.329 e. The number of hydrogen-bond acceptors (Lipinski definition) is 6. The summed E-state index contributed by atoms with van der Waals surface area (Å²) in [6, 6.07) is 10.8. The molecule has 26 heavy (non-hydrogen) atoms. The lowest BCUT2D eigenvalue weighted by Crippen LogP contribution is -2.36. The summed E-state index contributed by atoms with van der Waals surface area (Å²) in [6.45, 7) is 1.58. The monoisotopic (exact) mass is 372 g/mol. The standard InChI is InChI=1S/C18H16N2O5S/c1-11-3-6-13(7-4-11)26-16-8-5-12(25-16)9-14-17(22)20(18(23)19-14)10-15(21)24-2/h3-9H,10H2,1-2H3,(H,19,23)/b14-9+. The Morgan fingerprint density at radius 2 is 1.96 bits per heavy atom. The van der Waals surface area contributed by atoms with Crippen LogP contribution in [-0.4, -0.2) is 36.5 Å². The fourth-order valence-corrected chi connectivity index (χ4v) is 3.02. The second-order valence-electron chi connectivity index (χ2n) is 5.53. The molecule has 0 aliphatic carbocycles. The minimum Gasteiger partial charge on any atom is -0.468 e. The number of nitrogens with zero attached hydrogens (tertiary/aromatic N) is 1. The summed E-state index contributed by atoms with van der Waals surface area (Å²) in [5.74, 6) is -0.864. The van der Waals surface area contributed by atoms with E-state index in [0.717, 1.165) is 9.80 Å². The number of imide groups is 1. The topological polar surface area (TPSA) is 88.8 Å². The number of amides is 3. The molecule has 8 heteroatoms. The normalized spacial score (nSPS) is 15.5. The fourth-order valence-electron chi connectivity index (χ4n) is 2.24. The molecule has 1 aromatic heterocycles. The molecule has 2 heterocycles. The van der Waals surface area contributed by atoms with Crippen molar-refractivity contribution >= 4 is 35.7 Å². The molecule has 0 atom stereocenters. The van der Waals surface area contributed by atoms with E-state index in [1.807, 2.05) is 31.2 Å². The van der Waals surface area contributed by atoms with E-state index in [9.17, 15) is 14.4 Å². The highest BCUT2D eigenvalue weighted by Crippen LogP contribution is 2.30. The van der Waals surface area contributed by atoms with Gasteiger partial charge in [0.25, 0.3) is 5.91 Å². The Morgan fingerprint density at radius 3 is 2.65 bits per heavy atom. The van der Waals surface area contributed by atoms with Crippen molar-refractivity contribution in [1.29, 1.82) is 0 Å². The first-order valence-corrected chi connectivity index (χ1v) is 8.53. The highest BCUT2D eigenvalue weighted by atomic mass is 32.2. The first kappa shape index (κ1) is 17.8. The van der Waals surface area contributed by atoms with Crippen LogP contribution in [0.15, 0.2) is 56.5 Å². The van der Waals surface area contributed by atoms with Crippen LogP contribution >= 0.6 is 11.8 Å². The fraction of sp³-hybridized carbons (Fsp3) is 0.167. The summed E-state index contributed by atoms with van der Waals surface area (Å²) < 4.78 is 10.1. The van der Waals surface area contributed by atoms with E-state index in [0.29, 0.717) is 10.9 Å². The number of aryl methyl sites for hydroxylation is 1. The second kappa shape index (κ2) is 7.49. The average Bonchev–Trinajstić information content (AvgIpc) is 3.16. The number of urea groups is 1. The van der Waals surface area contributed by atoms with Crippen LogP contribution in [0.25, 0.3) is 6.08 Å². The van der Waals surface area contributed by atoms with Crippen LogP contribution in [0.1, 0.15) is 11.3 Å². The van der Waals surface area contributed by atoms with Gasteiger partial charge in [0, 0.05) is 11.0 Å². The molecule has 2 aromatic rings. The SMILES string of the molecule is COC(=O)CN1C(=O)N/C(=C/c2ccc(Sc3ccc(C)cc3)o2)C1=O. The van der Waals surface area contributed by atoms with E-state index >= 15 is 0 Å². The molecule has 0 unspecified atom stereocenters. The average molecular weight is 372 g/mol. The Kier molecular flexibility index (Phi) is 5.13. The van der Waals surface area contributed by atoms with Crippen molar-refractivity contribution in [2.24, 2.45) is 0 Å². The largest absolute Gasteiger partial charge is 0.468 e. The first-order chi connectivity index (χ1) is 12.5. The summed E-state index contributed by atoms with van der Waals surface area (Å²) in [5, 5.41) is 3.08. The highest BCUT2D eigenvalue weighted by molar-refractivity contribution is 7.99. The van der Waals surface area contributed by atoms with Crippen LogP contribution in [0.3, 0.4) is 0 Å². The van der Waals surface area contributed by atoms with Crippen molar-refractivity contribution in [3.8, 4) is 0 Å². The van der Waals surface area contributed by atoms with Gasteiger partial charge in [0.1, 0.15) is 18.0 Å². The summed E-state index contributed by atoms with van der Waals surface area (Å²) in [5.41, 5.74) is 1.21. The van der Waals surface area contributed by atoms with Crippen molar-refractivity contribution in [2.45, 2.75) is 16.9 Å². The summed E-state index contributed by atoms with van der Waals surface area (Å²) >= 11 is 1.45. The van der Waals surface area contributed by atoms with Gasteiger partial charge in [-0.2, -0.15) is 0 Å². The van der Waals surface area contributed by atoms with Crippen molar-refractivity contribution < 1.29 is 23.5 Å². The molecule has 0 radical (unpaired) electrons. The van der Waals surface area contributed by atoms with E-state index in [2.05, 4.69) is 10.1 Å². The first-order valence-electron chi connectivity index (χ1n) is 7.72. The minimum absolute atomic E-state index is 0.0418. The van der Waals surface area contributed by atoms with E-state index in [1.165, 1.54) is 30.5 Å². The Bertz CT molecular complexity index is 885. The molecule has 1 fully saturated rings. The van der Waals surface area contributed by atoms with Crippen LogP contribution < -0.4 is 5.32 Å². The van der Waals surface area contributed by atoms with Gasteiger partial charge in [0.2, 0.25) is 0 Å². The molecule has 134 valence electrons. The number of furan rings is 1. The maximum Gasteiger partial charge on any atom is 0.329 e. The number of methoxy groups -OCH3 is 1. The Labute approximate surface area is 154 Å². The number of hydrogen-bond donors (Lipinski definition) is 1. The molecule has 1 aliphatic heterocycles. The number of rotatable bonds is 5. The third kappa shape index (κ3) is 3.97. The van der Waals surface area contributed by atoms with E-state index < -0.39 is 24.5 Å². The number of nitrogens with one attached hydrogen (secondary N) is 1. The van der Waals surface area contributed by atoms with E-state index in [-0.39, 0.29) is 5.70 Å². The van der Waals surface area contributed by atoms with Gasteiger partial charge in [-0.25, -0.2) is 9.69 Å². The summed E-state index contributed by atoms with van der Waals surface area (Å²) in [4.78, 5) is 37.1. The molecule has 1 saturated heterocycles. The minimum atomic E-state index is -0.676. The molecule has 1 aromatic carbocycles. The lowest BCUT2D eigenvalue weighted by molar-refractivity contribution is -0.143. The molecule has 0 bridgehead atoms. The van der Waals surface area contributed by atoms with Gasteiger partial charge in [-0.3, -0.25) is 9.59 Å². The Hall–Kier alpha value is -3.00. The number of carbonyl (C=O) groups is 3. The molecular formula is C18H16N2O5S. The molecule has 3 amide bonds. The van der Waals surface area contributed by atoms with Gasteiger partial charge < -0.3 is 14.5 Å². The lowest BCUT2D eigenvalue weighted by atomic mass is 10.2. The predicted molar refractivity (Wildman–Crippen MR) is 94.2 cm³/mol. The zero-order chi connectivity index (χ0) is 18.7. The third-order valence-corrected chi connectivity index (χ3v) is 4.53. The van der Waals surface area contributed by atoms with Crippen LogP contribution in [0.5, 0.6) is 0 Å². The number of benzene rings is 1. The van der Waals surface area contributed by atoms with Gasteiger partial charge >= 0.3 is 12.0 Å². The van der Waals surface area contributed by atoms with Crippen LogP contribution in [0.4, 0.5) is 4.79 Å². The Morgan fingerprint density at radius 1 is 1.23 bits per heavy atom. The highest BCUT2D eigenvalue weighted by Gasteiger charge is 2.35. The molecular weight excluding hydrogens is 356 g/mol. The summed E-state index contributed by atoms with van der Waals surface area (Å²) in [7, 11) is 1.19. The quantitative estimate of drug-likeness (QED) is 0.493. The van der Waals surface area contributed by atoms with Crippen molar-refractivity contribution in [2.75, 3.05) is 13.7 Å². The predicted octanol–water partition coefficient (Wildman–Crippen LogP) is 2.80. The van der Waals surface area contributed by atoms with Gasteiger partial charge in [0.15, 0.2) is 5.09 Å². The van der Waals surface area contributed by atoms with Crippen LogP contribution in [0, 0.1) is 6.92 Å². The maximum absolute atomic E-state index is 12.2. The zero-order valence-corrected chi connectivity index (χ0v) is 15.0. The van der Waals surface area contributed by atoms with Gasteiger partial charge in [-0.15, -0.1) is 0 Å². The van der Waals surface area contributed by atoms with Gasteiger partial charge in [0.05, 0.1) is 7.11 Å². The van der Waals surface area contributed by atoms with Crippen molar-refractivity contribution in [1.82, 2.24) is 10.2 Å². The molecule has 1 aliphatic rings. The third-order valence-electron chi connectivity index (χ3n) is 3.61. The Balaban J connectivity index is 1.71. The van der Waals surface area contributed by atoms with Crippen molar-refractivity contribution in [3.63, 3.8) is 0 Å². The number of ether oxygens (including phenoxy) is 1. The van der Waals surface area contributed by atoms with Crippen molar-refractivity contribution in [3.05, 3.63) is 53.4 Å². The van der Waals surface area contributed by atoms with Crippen LogP contribution in [-0.2, 0) is 14.3 Å². The van der Waals surface area contributed by atoms with Gasteiger partial charge in [-0.05, 0) is 31.2 Å².